The molecule has 0 saturated heterocycles. The molecule has 44 valence electrons. The van der Waals surface area contributed by atoms with Gasteiger partial charge in [0.15, 0.2) is 0 Å². The van der Waals surface area contributed by atoms with Crippen molar-refractivity contribution in [3.63, 3.8) is 0 Å². The molecule has 4 N–H and O–H groups in total. The van der Waals surface area contributed by atoms with Crippen molar-refractivity contribution in [3.8, 4) is 0 Å². The van der Waals surface area contributed by atoms with Crippen LogP contribution in [0.4, 0.5) is 0 Å². The molecule has 0 aromatic carbocycles. The zero-order valence-corrected chi connectivity index (χ0v) is 4.89. The Bertz CT molecular complexity index is 58.4. The van der Waals surface area contributed by atoms with Crippen LogP contribution in [0.25, 0.3) is 0 Å². The summed E-state index contributed by atoms with van der Waals surface area (Å²) in [7, 11) is 0. The first-order chi connectivity index (χ1) is 2.94. The van der Waals surface area contributed by atoms with E-state index >= 15 is 0 Å². The van der Waals surface area contributed by atoms with E-state index in [9.17, 15) is 0 Å². The highest BCUT2D eigenvalue weighted by molar-refractivity contribution is 7.81. The summed E-state index contributed by atoms with van der Waals surface area (Å²) in [6.07, 6.45) is 0. The van der Waals surface area contributed by atoms with Crippen molar-refractivity contribution in [2.24, 2.45) is 5.73 Å². The molecule has 4 heteroatoms. The molecule has 0 aromatic heterocycles. The molecule has 0 saturated carbocycles. The van der Waals surface area contributed by atoms with E-state index < -0.39 is 11.2 Å². The second-order valence-corrected chi connectivity index (χ2v) is 2.13. The molecule has 7 heavy (non-hydrogen) atoms. The molecule has 0 heterocycles. The van der Waals surface area contributed by atoms with Gasteiger partial charge < -0.3 is 15.9 Å². The van der Waals surface area contributed by atoms with Crippen LogP contribution in [0.3, 0.4) is 0 Å². The molecule has 0 aliphatic heterocycles. The third-order valence-corrected chi connectivity index (χ3v) is 1.02. The second kappa shape index (κ2) is 2.00. The average molecular weight is 123 g/mol. The van der Waals surface area contributed by atoms with E-state index in [1.807, 2.05) is 0 Å². The zero-order valence-electron chi connectivity index (χ0n) is 4.00. The van der Waals surface area contributed by atoms with Gasteiger partial charge >= 0.3 is 0 Å². The topological polar surface area (TPSA) is 66.5 Å². The van der Waals surface area contributed by atoms with E-state index in [-0.39, 0.29) is 0 Å². The molecule has 0 aliphatic rings. The molecular formula is C3H9NO2S. The van der Waals surface area contributed by atoms with Crippen molar-refractivity contribution in [2.45, 2.75) is 18.1 Å². The normalized spacial score (nSPS) is 16.7. The van der Waals surface area contributed by atoms with Crippen LogP contribution in [-0.2, 0) is 0 Å². The first-order valence-corrected chi connectivity index (χ1v) is 2.32. The number of hydrogen-bond donors (Lipinski definition) is 4. The van der Waals surface area contributed by atoms with Gasteiger partial charge in [0.25, 0.3) is 0 Å². The summed E-state index contributed by atoms with van der Waals surface area (Å²) < 4.78 is 0. The molecular weight excluding hydrogens is 114 g/mol. The summed E-state index contributed by atoms with van der Waals surface area (Å²) >= 11 is 3.34. The minimum absolute atomic E-state index is 0.726. The van der Waals surface area contributed by atoms with Gasteiger partial charge in [0.1, 0.15) is 0 Å². The lowest BCUT2D eigenvalue weighted by Crippen LogP contribution is -2.40. The third kappa shape index (κ3) is 2.87. The standard InChI is InChI=1S/C3H9NO2S/c1-2(4)3(5,6)7/h2,5-7H,4H2,1H3. The van der Waals surface area contributed by atoms with Gasteiger partial charge in [-0.25, -0.2) is 0 Å². The minimum Gasteiger partial charge on any atom is -0.356 e. The number of aliphatic hydroxyl groups is 2. The zero-order chi connectivity index (χ0) is 6.08. The lowest BCUT2D eigenvalue weighted by Gasteiger charge is -2.17. The third-order valence-electron chi connectivity index (χ3n) is 0.611. The number of thiol groups is 1. The highest BCUT2D eigenvalue weighted by Crippen LogP contribution is 2.06. The maximum atomic E-state index is 8.39. The van der Waals surface area contributed by atoms with Crippen molar-refractivity contribution >= 4 is 12.6 Å². The average Bonchev–Trinajstić information content (AvgIpc) is 1.31. The molecule has 0 aliphatic carbocycles. The molecule has 0 rings (SSSR count). The van der Waals surface area contributed by atoms with Gasteiger partial charge in [0.2, 0.25) is 5.12 Å². The van der Waals surface area contributed by atoms with Gasteiger partial charge in [-0.3, -0.25) is 0 Å². The predicted octanol–water partition coefficient (Wildman–Crippen LogP) is -1.10. The Kier molecular flexibility index (Phi) is 2.07. The summed E-state index contributed by atoms with van der Waals surface area (Å²) in [4.78, 5) is 0. The summed E-state index contributed by atoms with van der Waals surface area (Å²) in [6, 6.07) is -0.726. The monoisotopic (exact) mass is 123 g/mol. The summed E-state index contributed by atoms with van der Waals surface area (Å²) in [5.74, 6) is 0. The fourth-order valence-corrected chi connectivity index (χ4v) is 0. The van der Waals surface area contributed by atoms with Crippen molar-refractivity contribution < 1.29 is 10.2 Å². The Labute approximate surface area is 47.6 Å². The van der Waals surface area contributed by atoms with E-state index in [2.05, 4.69) is 12.6 Å². The van der Waals surface area contributed by atoms with E-state index in [4.69, 9.17) is 15.9 Å². The minimum atomic E-state index is -2.03. The van der Waals surface area contributed by atoms with Crippen LogP contribution in [0.2, 0.25) is 0 Å². The molecule has 0 fully saturated rings. The molecule has 1 unspecified atom stereocenters. The lowest BCUT2D eigenvalue weighted by atomic mass is 10.3. The second-order valence-electron chi connectivity index (χ2n) is 1.48. The number of nitrogens with two attached hydrogens (primary N) is 1. The summed E-state index contributed by atoms with van der Waals surface area (Å²) in [5.41, 5.74) is 4.99. The highest BCUT2D eigenvalue weighted by Gasteiger charge is 2.21. The van der Waals surface area contributed by atoms with Crippen LogP contribution < -0.4 is 5.73 Å². The van der Waals surface area contributed by atoms with Crippen LogP contribution in [0, 0.1) is 0 Å². The van der Waals surface area contributed by atoms with Crippen LogP contribution in [0.5, 0.6) is 0 Å². The first-order valence-electron chi connectivity index (χ1n) is 1.87. The van der Waals surface area contributed by atoms with Gasteiger partial charge in [-0.2, -0.15) is 0 Å². The van der Waals surface area contributed by atoms with Crippen molar-refractivity contribution in [2.75, 3.05) is 0 Å². The van der Waals surface area contributed by atoms with E-state index in [0.717, 1.165) is 0 Å². The maximum Gasteiger partial charge on any atom is 0.225 e. The van der Waals surface area contributed by atoms with Crippen molar-refractivity contribution in [1.29, 1.82) is 0 Å². The van der Waals surface area contributed by atoms with Crippen LogP contribution in [-0.4, -0.2) is 21.4 Å². The van der Waals surface area contributed by atoms with E-state index in [1.165, 1.54) is 6.92 Å². The van der Waals surface area contributed by atoms with Crippen LogP contribution in [0.15, 0.2) is 0 Å². The largest absolute Gasteiger partial charge is 0.356 e. The predicted molar refractivity (Wildman–Crippen MR) is 29.8 cm³/mol. The number of rotatable bonds is 1. The Morgan fingerprint density at radius 1 is 1.71 bits per heavy atom. The number of hydrogen-bond acceptors (Lipinski definition) is 4. The van der Waals surface area contributed by atoms with Gasteiger partial charge in [-0.05, 0) is 6.92 Å². The smallest absolute Gasteiger partial charge is 0.225 e. The van der Waals surface area contributed by atoms with E-state index in [1.54, 1.807) is 0 Å². The van der Waals surface area contributed by atoms with Crippen molar-refractivity contribution in [3.05, 3.63) is 0 Å². The maximum absolute atomic E-state index is 8.39. The molecule has 0 spiro atoms. The Balaban J connectivity index is 3.54. The van der Waals surface area contributed by atoms with E-state index in [0.29, 0.717) is 0 Å². The first kappa shape index (κ1) is 7.23. The van der Waals surface area contributed by atoms with Crippen LogP contribution >= 0.6 is 12.6 Å². The summed E-state index contributed by atoms with van der Waals surface area (Å²) in [6.45, 7) is 1.45. The SMILES string of the molecule is CC(N)C(O)(O)S. The van der Waals surface area contributed by atoms with Crippen LogP contribution in [0.1, 0.15) is 6.92 Å². The molecule has 1 atom stereocenters. The molecule has 3 nitrogen and oxygen atoms in total. The van der Waals surface area contributed by atoms with Crippen molar-refractivity contribution in [1.82, 2.24) is 0 Å². The molecule has 0 amide bonds. The lowest BCUT2D eigenvalue weighted by molar-refractivity contribution is -0.0876. The molecule has 0 aromatic rings. The van der Waals surface area contributed by atoms with Gasteiger partial charge in [0, 0.05) is 0 Å². The Hall–Kier alpha value is 0.230. The Morgan fingerprint density at radius 2 is 1.86 bits per heavy atom. The van der Waals surface area contributed by atoms with Gasteiger partial charge in [-0.15, -0.1) is 12.6 Å². The summed E-state index contributed by atoms with van der Waals surface area (Å²) in [5, 5.41) is 14.8. The van der Waals surface area contributed by atoms with Gasteiger partial charge in [-0.1, -0.05) is 0 Å². The molecule has 0 bridgehead atoms. The van der Waals surface area contributed by atoms with Gasteiger partial charge in [0.05, 0.1) is 6.04 Å². The molecule has 0 radical (unpaired) electrons. The fourth-order valence-electron chi connectivity index (χ4n) is 0. The fraction of sp³-hybridized carbons (Fsp3) is 1.00. The highest BCUT2D eigenvalue weighted by atomic mass is 32.1. The quantitative estimate of drug-likeness (QED) is 0.264. The Morgan fingerprint density at radius 3 is 1.86 bits per heavy atom.